The third-order valence-corrected chi connectivity index (χ3v) is 6.95. The fraction of sp³-hybridized carbons (Fsp3) is 0.276. The Labute approximate surface area is 211 Å². The second-order valence-corrected chi connectivity index (χ2v) is 9.39. The molecule has 3 aromatic rings. The number of piperazine rings is 1. The predicted molar refractivity (Wildman–Crippen MR) is 141 cm³/mol. The second kappa shape index (κ2) is 10.2. The Kier molecular flexibility index (Phi) is 6.71. The molecule has 3 amide bonds. The van der Waals surface area contributed by atoms with E-state index >= 15 is 0 Å². The van der Waals surface area contributed by atoms with E-state index in [-0.39, 0.29) is 24.1 Å². The van der Waals surface area contributed by atoms with Crippen molar-refractivity contribution in [3.63, 3.8) is 0 Å². The molecule has 0 aromatic heterocycles. The van der Waals surface area contributed by atoms with Gasteiger partial charge in [0.25, 0.3) is 5.91 Å². The molecule has 0 bridgehead atoms. The lowest BCUT2D eigenvalue weighted by Crippen LogP contribution is -2.49. The number of hydrogen-bond donors (Lipinski definition) is 1. The molecule has 3 aromatic carbocycles. The van der Waals surface area contributed by atoms with E-state index in [0.717, 1.165) is 30.0 Å². The molecule has 0 spiro atoms. The molecule has 1 N–H and O–H groups in total. The molecule has 2 saturated heterocycles. The zero-order valence-electron chi connectivity index (χ0n) is 20.4. The van der Waals surface area contributed by atoms with Crippen LogP contribution in [-0.4, -0.2) is 55.3 Å². The summed E-state index contributed by atoms with van der Waals surface area (Å²) in [6.07, 6.45) is 0.150. The van der Waals surface area contributed by atoms with Gasteiger partial charge in [-0.2, -0.15) is 0 Å². The van der Waals surface area contributed by atoms with E-state index in [1.165, 1.54) is 0 Å². The van der Waals surface area contributed by atoms with Crippen LogP contribution in [0.3, 0.4) is 0 Å². The Hall–Kier alpha value is -4.13. The number of amides is 3. The zero-order valence-corrected chi connectivity index (χ0v) is 20.4. The third-order valence-electron chi connectivity index (χ3n) is 6.95. The van der Waals surface area contributed by atoms with Crippen molar-refractivity contribution in [1.29, 1.82) is 0 Å². The van der Waals surface area contributed by atoms with Crippen LogP contribution in [0.2, 0.25) is 0 Å². The summed E-state index contributed by atoms with van der Waals surface area (Å²) in [5.41, 5.74) is 4.02. The number of rotatable bonds is 5. The van der Waals surface area contributed by atoms with Crippen LogP contribution in [0.4, 0.5) is 17.1 Å². The van der Waals surface area contributed by atoms with Crippen molar-refractivity contribution in [3.8, 4) is 0 Å². The molecule has 0 radical (unpaired) electrons. The first kappa shape index (κ1) is 23.6. The van der Waals surface area contributed by atoms with Gasteiger partial charge < -0.3 is 20.0 Å². The molecule has 184 valence electrons. The Balaban J connectivity index is 1.23. The van der Waals surface area contributed by atoms with Gasteiger partial charge >= 0.3 is 0 Å². The number of hydrogen-bond acceptors (Lipinski definition) is 4. The molecule has 2 fully saturated rings. The quantitative estimate of drug-likeness (QED) is 0.598. The first-order chi connectivity index (χ1) is 17.5. The van der Waals surface area contributed by atoms with E-state index in [4.69, 9.17) is 0 Å². The average molecular weight is 483 g/mol. The van der Waals surface area contributed by atoms with Crippen LogP contribution >= 0.6 is 0 Å². The standard InChI is InChI=1S/C29H30N4O3/c1-21-11-13-24(14-12-21)33-20-22(19-27(33)34)28(35)30-26-10-6-5-9-25(26)29(36)32-17-15-31(16-18-32)23-7-3-2-4-8-23/h2-14,22H,15-20H2,1H3,(H,30,35). The number of para-hydroxylation sites is 2. The summed E-state index contributed by atoms with van der Waals surface area (Å²) in [5.74, 6) is -0.884. The minimum Gasteiger partial charge on any atom is -0.368 e. The monoisotopic (exact) mass is 482 g/mol. The van der Waals surface area contributed by atoms with Crippen molar-refractivity contribution < 1.29 is 14.4 Å². The maximum Gasteiger partial charge on any atom is 0.256 e. The Morgan fingerprint density at radius 3 is 2.19 bits per heavy atom. The third kappa shape index (κ3) is 4.96. The lowest BCUT2D eigenvalue weighted by Gasteiger charge is -2.36. The summed E-state index contributed by atoms with van der Waals surface area (Å²) in [6, 6.07) is 25.0. The fourth-order valence-corrected chi connectivity index (χ4v) is 4.85. The van der Waals surface area contributed by atoms with Crippen LogP contribution in [0.25, 0.3) is 0 Å². The van der Waals surface area contributed by atoms with E-state index in [9.17, 15) is 14.4 Å². The summed E-state index contributed by atoms with van der Waals surface area (Å²) in [6.45, 7) is 5.04. The van der Waals surface area contributed by atoms with Gasteiger partial charge in [-0.3, -0.25) is 14.4 Å². The number of benzene rings is 3. The van der Waals surface area contributed by atoms with Crippen molar-refractivity contribution in [2.24, 2.45) is 5.92 Å². The summed E-state index contributed by atoms with van der Waals surface area (Å²) in [4.78, 5) is 44.9. The molecular formula is C29H30N4O3. The number of carbonyl (C=O) groups excluding carboxylic acids is 3. The van der Waals surface area contributed by atoms with Crippen LogP contribution < -0.4 is 15.1 Å². The Morgan fingerprint density at radius 1 is 0.806 bits per heavy atom. The maximum atomic E-state index is 13.4. The van der Waals surface area contributed by atoms with Crippen LogP contribution in [-0.2, 0) is 9.59 Å². The highest BCUT2D eigenvalue weighted by Crippen LogP contribution is 2.27. The van der Waals surface area contributed by atoms with Gasteiger partial charge in [-0.1, -0.05) is 48.0 Å². The predicted octanol–water partition coefficient (Wildman–Crippen LogP) is 3.95. The molecule has 1 atom stereocenters. The molecule has 2 heterocycles. The number of carbonyl (C=O) groups is 3. The lowest BCUT2D eigenvalue weighted by atomic mass is 10.1. The lowest BCUT2D eigenvalue weighted by molar-refractivity contribution is -0.122. The molecule has 7 nitrogen and oxygen atoms in total. The number of nitrogens with one attached hydrogen (secondary N) is 1. The molecule has 1 unspecified atom stereocenters. The van der Waals surface area contributed by atoms with Crippen molar-refractivity contribution >= 4 is 34.8 Å². The number of nitrogens with zero attached hydrogens (tertiary/aromatic N) is 3. The second-order valence-electron chi connectivity index (χ2n) is 9.39. The molecule has 5 rings (SSSR count). The van der Waals surface area contributed by atoms with Gasteiger partial charge in [0.1, 0.15) is 0 Å². The SMILES string of the molecule is Cc1ccc(N2CC(C(=O)Nc3ccccc3C(=O)N3CCN(c4ccccc4)CC3)CC2=O)cc1. The Morgan fingerprint density at radius 2 is 1.47 bits per heavy atom. The largest absolute Gasteiger partial charge is 0.368 e. The van der Waals surface area contributed by atoms with Crippen molar-refractivity contribution in [2.45, 2.75) is 13.3 Å². The fourth-order valence-electron chi connectivity index (χ4n) is 4.85. The number of anilines is 3. The molecule has 7 heteroatoms. The van der Waals surface area contributed by atoms with Gasteiger partial charge in [0, 0.05) is 50.5 Å². The highest BCUT2D eigenvalue weighted by molar-refractivity contribution is 6.07. The summed E-state index contributed by atoms with van der Waals surface area (Å²) < 4.78 is 0. The zero-order chi connectivity index (χ0) is 25.1. The van der Waals surface area contributed by atoms with Crippen molar-refractivity contribution in [2.75, 3.05) is 47.8 Å². The van der Waals surface area contributed by atoms with Crippen molar-refractivity contribution in [1.82, 2.24) is 4.90 Å². The van der Waals surface area contributed by atoms with E-state index in [0.29, 0.717) is 30.9 Å². The highest BCUT2D eigenvalue weighted by atomic mass is 16.2. The van der Waals surface area contributed by atoms with E-state index in [1.807, 2.05) is 54.3 Å². The molecule has 0 saturated carbocycles. The van der Waals surface area contributed by atoms with Crippen LogP contribution in [0.1, 0.15) is 22.3 Å². The van der Waals surface area contributed by atoms with E-state index in [2.05, 4.69) is 22.3 Å². The summed E-state index contributed by atoms with van der Waals surface area (Å²) in [7, 11) is 0. The molecular weight excluding hydrogens is 452 g/mol. The molecule has 36 heavy (non-hydrogen) atoms. The van der Waals surface area contributed by atoms with Gasteiger partial charge in [-0.25, -0.2) is 0 Å². The van der Waals surface area contributed by atoms with Gasteiger partial charge in [0.15, 0.2) is 0 Å². The van der Waals surface area contributed by atoms with Gasteiger partial charge in [-0.05, 0) is 43.3 Å². The molecule has 0 aliphatic carbocycles. The normalized spacial score (nSPS) is 17.9. The van der Waals surface area contributed by atoms with Crippen molar-refractivity contribution in [3.05, 3.63) is 90.0 Å². The Bertz CT molecular complexity index is 1250. The van der Waals surface area contributed by atoms with Gasteiger partial charge in [0.05, 0.1) is 17.2 Å². The first-order valence-electron chi connectivity index (χ1n) is 12.4. The average Bonchev–Trinajstić information content (AvgIpc) is 3.31. The summed E-state index contributed by atoms with van der Waals surface area (Å²) >= 11 is 0. The van der Waals surface area contributed by atoms with Crippen LogP contribution in [0, 0.1) is 12.8 Å². The highest BCUT2D eigenvalue weighted by Gasteiger charge is 2.35. The number of aryl methyl sites for hydroxylation is 1. The van der Waals surface area contributed by atoms with E-state index in [1.54, 1.807) is 29.2 Å². The van der Waals surface area contributed by atoms with Gasteiger partial charge in [-0.15, -0.1) is 0 Å². The topological polar surface area (TPSA) is 73.0 Å². The van der Waals surface area contributed by atoms with Crippen LogP contribution in [0.15, 0.2) is 78.9 Å². The first-order valence-corrected chi connectivity index (χ1v) is 12.4. The molecule has 2 aliphatic rings. The minimum absolute atomic E-state index is 0.0698. The summed E-state index contributed by atoms with van der Waals surface area (Å²) in [5, 5.41) is 2.93. The minimum atomic E-state index is -0.476. The van der Waals surface area contributed by atoms with Gasteiger partial charge in [0.2, 0.25) is 11.8 Å². The smallest absolute Gasteiger partial charge is 0.256 e. The van der Waals surface area contributed by atoms with Crippen LogP contribution in [0.5, 0.6) is 0 Å². The maximum absolute atomic E-state index is 13.4. The molecule has 2 aliphatic heterocycles. The van der Waals surface area contributed by atoms with E-state index < -0.39 is 5.92 Å².